The Morgan fingerprint density at radius 2 is 1.92 bits per heavy atom. The van der Waals surface area contributed by atoms with E-state index < -0.39 is 0 Å². The molecule has 38 heavy (non-hydrogen) atoms. The second-order valence-corrected chi connectivity index (χ2v) is 9.44. The van der Waals surface area contributed by atoms with Crippen LogP contribution >= 0.6 is 0 Å². The molecule has 0 spiro atoms. The van der Waals surface area contributed by atoms with Gasteiger partial charge in [-0.15, -0.1) is 0 Å². The molecule has 5 rings (SSSR count). The van der Waals surface area contributed by atoms with Crippen LogP contribution in [0.25, 0.3) is 11.3 Å². The van der Waals surface area contributed by atoms with Crippen LogP contribution in [0, 0.1) is 5.92 Å². The Morgan fingerprint density at radius 3 is 2.68 bits per heavy atom. The number of nitrogens with two attached hydrogens (primary N) is 1. The number of pyridine rings is 1. The normalized spacial score (nSPS) is 19.3. The molecule has 4 heterocycles. The van der Waals surface area contributed by atoms with Gasteiger partial charge in [-0.25, -0.2) is 9.97 Å². The summed E-state index contributed by atoms with van der Waals surface area (Å²) < 4.78 is 10.7. The van der Waals surface area contributed by atoms with Gasteiger partial charge in [-0.1, -0.05) is 24.3 Å². The van der Waals surface area contributed by atoms with Crippen LogP contribution in [0.5, 0.6) is 0 Å². The maximum Gasteiger partial charge on any atom is 0.310 e. The summed E-state index contributed by atoms with van der Waals surface area (Å²) in [7, 11) is 0. The Hall–Kier alpha value is -3.89. The van der Waals surface area contributed by atoms with Gasteiger partial charge in [0.2, 0.25) is 0 Å². The second-order valence-electron chi connectivity index (χ2n) is 9.44. The lowest BCUT2D eigenvalue weighted by molar-refractivity contribution is -0.147. The first-order valence-electron chi connectivity index (χ1n) is 12.9. The van der Waals surface area contributed by atoms with Crippen molar-refractivity contribution < 1.29 is 19.1 Å². The van der Waals surface area contributed by atoms with E-state index in [1.54, 1.807) is 18.6 Å². The molecule has 2 saturated heterocycles. The zero-order valence-electron chi connectivity index (χ0n) is 21.4. The zero-order chi connectivity index (χ0) is 26.5. The highest BCUT2D eigenvalue weighted by Crippen LogP contribution is 2.31. The molecule has 3 aromatic rings. The third kappa shape index (κ3) is 5.51. The van der Waals surface area contributed by atoms with Crippen LogP contribution in [0.1, 0.15) is 34.5 Å². The van der Waals surface area contributed by atoms with Gasteiger partial charge in [-0.2, -0.15) is 0 Å². The van der Waals surface area contributed by atoms with Gasteiger partial charge in [-0.05, 0) is 18.6 Å². The van der Waals surface area contributed by atoms with Crippen LogP contribution in [0.15, 0.2) is 48.9 Å². The molecular weight excluding hydrogens is 484 g/mol. The Morgan fingerprint density at radius 1 is 1.13 bits per heavy atom. The number of ketones is 1. The van der Waals surface area contributed by atoms with E-state index in [-0.39, 0.29) is 41.5 Å². The van der Waals surface area contributed by atoms with Crippen molar-refractivity contribution in [3.8, 4) is 11.3 Å². The maximum absolute atomic E-state index is 13.3. The number of nitrogens with zero attached hydrogens (tertiary/aromatic N) is 4. The lowest BCUT2D eigenvalue weighted by Gasteiger charge is -2.30. The summed E-state index contributed by atoms with van der Waals surface area (Å²) in [6, 6.07) is 9.77. The lowest BCUT2D eigenvalue weighted by atomic mass is 9.88. The van der Waals surface area contributed by atoms with Gasteiger partial charge in [0.25, 0.3) is 0 Å². The minimum atomic E-state index is -0.217. The Balaban J connectivity index is 1.34. The highest BCUT2D eigenvalue weighted by Gasteiger charge is 2.35. The van der Waals surface area contributed by atoms with Crippen LogP contribution < -0.4 is 16.0 Å². The fourth-order valence-electron chi connectivity index (χ4n) is 5.10. The summed E-state index contributed by atoms with van der Waals surface area (Å²) in [6.45, 7) is 6.32. The summed E-state index contributed by atoms with van der Waals surface area (Å²) in [5.41, 5.74) is 10.4. The van der Waals surface area contributed by atoms with Crippen molar-refractivity contribution in [3.05, 3.63) is 65.7 Å². The number of nitrogen functional groups attached to an aromatic ring is 1. The smallest absolute Gasteiger partial charge is 0.310 e. The van der Waals surface area contributed by atoms with Crippen molar-refractivity contribution in [1.82, 2.24) is 20.3 Å². The molecule has 2 atom stereocenters. The summed E-state index contributed by atoms with van der Waals surface area (Å²) in [5.74, 6) is -0.467. The number of ether oxygens (including phenoxy) is 2. The molecule has 198 valence electrons. The molecule has 2 aromatic heterocycles. The van der Waals surface area contributed by atoms with E-state index in [0.29, 0.717) is 38.6 Å². The molecule has 0 radical (unpaired) electrons. The molecule has 2 aliphatic rings. The van der Waals surface area contributed by atoms with Gasteiger partial charge in [0.05, 0.1) is 37.6 Å². The number of Topliss-reactive ketones (excluding diaryl/α,β-unsaturated/α-hetero) is 1. The van der Waals surface area contributed by atoms with E-state index in [4.69, 9.17) is 15.2 Å². The molecule has 2 aliphatic heterocycles. The van der Waals surface area contributed by atoms with E-state index in [9.17, 15) is 9.59 Å². The highest BCUT2D eigenvalue weighted by molar-refractivity contribution is 6.00. The largest absolute Gasteiger partial charge is 0.466 e. The van der Waals surface area contributed by atoms with Gasteiger partial charge < -0.3 is 25.4 Å². The van der Waals surface area contributed by atoms with Crippen LogP contribution in [-0.2, 0) is 20.7 Å². The number of aromatic nitrogens is 3. The number of anilines is 2. The van der Waals surface area contributed by atoms with Crippen molar-refractivity contribution in [1.29, 1.82) is 0 Å². The predicted octanol–water partition coefficient (Wildman–Crippen LogP) is 2.25. The molecule has 0 amide bonds. The number of nitrogens with one attached hydrogen (secondary N) is 1. The first-order chi connectivity index (χ1) is 18.5. The third-order valence-corrected chi connectivity index (χ3v) is 7.08. The number of rotatable bonds is 8. The molecule has 0 saturated carbocycles. The molecule has 2 fully saturated rings. The van der Waals surface area contributed by atoms with E-state index in [0.717, 1.165) is 35.5 Å². The molecule has 1 aromatic carbocycles. The Labute approximate surface area is 221 Å². The zero-order valence-corrected chi connectivity index (χ0v) is 21.4. The quantitative estimate of drug-likeness (QED) is 0.339. The van der Waals surface area contributed by atoms with Gasteiger partial charge in [0.1, 0.15) is 5.69 Å². The first-order valence-corrected chi connectivity index (χ1v) is 12.9. The number of carbonyl (C=O) groups excluding carboxylic acids is 2. The fourth-order valence-corrected chi connectivity index (χ4v) is 5.10. The Kier molecular flexibility index (Phi) is 7.90. The molecule has 0 unspecified atom stereocenters. The highest BCUT2D eigenvalue weighted by atomic mass is 16.5. The monoisotopic (exact) mass is 516 g/mol. The summed E-state index contributed by atoms with van der Waals surface area (Å²) in [6.07, 6.45) is 5.14. The van der Waals surface area contributed by atoms with Crippen molar-refractivity contribution in [2.75, 3.05) is 56.6 Å². The van der Waals surface area contributed by atoms with Gasteiger partial charge in [0, 0.05) is 67.7 Å². The molecular formula is C28H32N6O4. The number of esters is 1. The second kappa shape index (κ2) is 11.7. The van der Waals surface area contributed by atoms with Crippen LogP contribution in [0.3, 0.4) is 0 Å². The number of carbonyl (C=O) groups is 2. The summed E-state index contributed by atoms with van der Waals surface area (Å²) in [5, 5.41) is 3.29. The first kappa shape index (κ1) is 25.7. The minimum Gasteiger partial charge on any atom is -0.466 e. The van der Waals surface area contributed by atoms with Crippen LogP contribution in [-0.4, -0.2) is 72.7 Å². The maximum atomic E-state index is 13.3. The van der Waals surface area contributed by atoms with Crippen LogP contribution in [0.2, 0.25) is 0 Å². The molecule has 0 aliphatic carbocycles. The summed E-state index contributed by atoms with van der Waals surface area (Å²) in [4.78, 5) is 41.0. The fraction of sp³-hybridized carbons (Fsp3) is 0.393. The third-order valence-electron chi connectivity index (χ3n) is 7.08. The molecule has 10 nitrogen and oxygen atoms in total. The Bertz CT molecular complexity index is 1290. The molecule has 0 bridgehead atoms. The molecule has 3 N–H and O–H groups in total. The van der Waals surface area contributed by atoms with E-state index in [1.165, 1.54) is 0 Å². The number of benzene rings is 1. The topological polar surface area (TPSA) is 133 Å². The van der Waals surface area contributed by atoms with Crippen LogP contribution in [0.4, 0.5) is 11.5 Å². The van der Waals surface area contributed by atoms with E-state index >= 15 is 0 Å². The lowest BCUT2D eigenvalue weighted by Crippen LogP contribution is -2.37. The predicted molar refractivity (Wildman–Crippen MR) is 143 cm³/mol. The number of morpholine rings is 1. The average molecular weight is 517 g/mol. The van der Waals surface area contributed by atoms with Gasteiger partial charge >= 0.3 is 5.97 Å². The standard InChI is InChI=1S/C28H32N6O4/c1-2-38-28(36)22-16-31-15-21(22)18-3-5-19(6-4-18)23-17-32-27(29)26(33-23)25(35)13-20-14-30-8-7-24(20)34-9-11-37-12-10-34/h3-8,14,17,21-22,31H,2,9-13,15-16H2,1H3,(H2,29,32)/t21-,22+/m0/s1. The summed E-state index contributed by atoms with van der Waals surface area (Å²) >= 11 is 0. The van der Waals surface area contributed by atoms with Crippen molar-refractivity contribution in [3.63, 3.8) is 0 Å². The number of hydrogen-bond donors (Lipinski definition) is 2. The SMILES string of the molecule is CCOC(=O)[C@@H]1CNC[C@H]1c1ccc(-c2cnc(N)c(C(=O)Cc3cnccc3N3CCOCC3)n2)cc1. The minimum absolute atomic E-state index is 0.0397. The van der Waals surface area contributed by atoms with Crippen molar-refractivity contribution >= 4 is 23.3 Å². The van der Waals surface area contributed by atoms with Gasteiger partial charge in [0.15, 0.2) is 11.6 Å². The average Bonchev–Trinajstić information content (AvgIpc) is 3.45. The van der Waals surface area contributed by atoms with Crippen molar-refractivity contribution in [2.45, 2.75) is 19.3 Å². The molecule has 10 heteroatoms. The van der Waals surface area contributed by atoms with E-state index in [1.807, 2.05) is 37.3 Å². The van der Waals surface area contributed by atoms with Gasteiger partial charge in [-0.3, -0.25) is 14.6 Å². The van der Waals surface area contributed by atoms with E-state index in [2.05, 4.69) is 25.2 Å². The number of hydrogen-bond acceptors (Lipinski definition) is 10. The van der Waals surface area contributed by atoms with Crippen molar-refractivity contribution in [2.24, 2.45) is 5.92 Å².